The van der Waals surface area contributed by atoms with E-state index in [2.05, 4.69) is 15.0 Å². The smallest absolute Gasteiger partial charge is 0.303 e. The first kappa shape index (κ1) is 20.3. The number of amides is 1. The molecule has 0 spiro atoms. The highest BCUT2D eigenvalue weighted by Gasteiger charge is 2.18. The molecule has 0 aliphatic heterocycles. The van der Waals surface area contributed by atoms with Crippen LogP contribution in [0.25, 0.3) is 11.2 Å². The molecule has 4 rings (SSSR count). The van der Waals surface area contributed by atoms with Crippen LogP contribution in [0.3, 0.4) is 0 Å². The minimum Gasteiger partial charge on any atom is -0.425 e. The maximum atomic E-state index is 11.6. The standard InChI is InChI=1S/C23H24N6O2/c1-16(2)29(15-30)20-8-6-14-25-22(20)27(3)17-9-11-18(12-10-17)31-23-26-19-7-5-13-24-21(19)28(23)4/h5-16H,1-4H3. The monoisotopic (exact) mass is 416 g/mol. The summed E-state index contributed by atoms with van der Waals surface area (Å²) in [5, 5.41) is 0. The molecule has 0 N–H and O–H groups in total. The molecule has 1 aromatic carbocycles. The number of rotatable bonds is 7. The summed E-state index contributed by atoms with van der Waals surface area (Å²) in [6.07, 6.45) is 4.28. The molecule has 0 atom stereocenters. The van der Waals surface area contributed by atoms with E-state index in [4.69, 9.17) is 4.74 Å². The summed E-state index contributed by atoms with van der Waals surface area (Å²) in [6, 6.07) is 15.6. The molecule has 8 heteroatoms. The molecular formula is C23H24N6O2. The Morgan fingerprint density at radius 2 is 1.74 bits per heavy atom. The van der Waals surface area contributed by atoms with Crippen LogP contribution in [0.2, 0.25) is 0 Å². The number of carbonyl (C=O) groups is 1. The van der Waals surface area contributed by atoms with Crippen molar-refractivity contribution in [3.63, 3.8) is 0 Å². The molecule has 0 radical (unpaired) electrons. The molecule has 3 heterocycles. The number of anilines is 3. The van der Waals surface area contributed by atoms with Crippen molar-refractivity contribution in [1.29, 1.82) is 0 Å². The van der Waals surface area contributed by atoms with Crippen molar-refractivity contribution in [2.45, 2.75) is 19.9 Å². The van der Waals surface area contributed by atoms with Gasteiger partial charge >= 0.3 is 6.01 Å². The van der Waals surface area contributed by atoms with Crippen LogP contribution >= 0.6 is 0 Å². The number of imidazole rings is 1. The Kier molecular flexibility index (Phi) is 5.53. The van der Waals surface area contributed by atoms with Crippen molar-refractivity contribution >= 4 is 34.8 Å². The van der Waals surface area contributed by atoms with Crippen molar-refractivity contribution in [2.24, 2.45) is 7.05 Å². The first-order valence-corrected chi connectivity index (χ1v) is 9.97. The second-order valence-corrected chi connectivity index (χ2v) is 7.41. The van der Waals surface area contributed by atoms with Gasteiger partial charge in [-0.25, -0.2) is 9.97 Å². The third kappa shape index (κ3) is 3.92. The van der Waals surface area contributed by atoms with E-state index in [1.807, 2.05) is 85.9 Å². The van der Waals surface area contributed by atoms with Gasteiger partial charge in [0.1, 0.15) is 11.3 Å². The number of aromatic nitrogens is 4. The molecule has 4 aromatic rings. The van der Waals surface area contributed by atoms with E-state index >= 15 is 0 Å². The lowest BCUT2D eigenvalue weighted by Crippen LogP contribution is -2.30. The van der Waals surface area contributed by atoms with E-state index in [0.29, 0.717) is 17.6 Å². The van der Waals surface area contributed by atoms with Gasteiger partial charge in [0.05, 0.1) is 5.69 Å². The summed E-state index contributed by atoms with van der Waals surface area (Å²) < 4.78 is 7.78. The summed E-state index contributed by atoms with van der Waals surface area (Å²) in [7, 11) is 3.79. The highest BCUT2D eigenvalue weighted by Crippen LogP contribution is 2.33. The minimum absolute atomic E-state index is 0.0208. The molecule has 0 bridgehead atoms. The molecular weight excluding hydrogens is 392 g/mol. The Morgan fingerprint density at radius 3 is 2.42 bits per heavy atom. The highest BCUT2D eigenvalue weighted by molar-refractivity contribution is 5.84. The highest BCUT2D eigenvalue weighted by atomic mass is 16.5. The van der Waals surface area contributed by atoms with Crippen LogP contribution in [0.5, 0.6) is 11.8 Å². The number of nitrogens with zero attached hydrogens (tertiary/aromatic N) is 6. The van der Waals surface area contributed by atoms with E-state index in [1.165, 1.54) is 0 Å². The molecule has 0 fully saturated rings. The SMILES string of the molecule is CC(C)N(C=O)c1cccnc1N(C)c1ccc(Oc2nc3cccnc3n2C)cc1. The first-order chi connectivity index (χ1) is 15.0. The Bertz CT molecular complexity index is 1200. The fourth-order valence-corrected chi connectivity index (χ4v) is 3.36. The predicted octanol–water partition coefficient (Wildman–Crippen LogP) is 4.29. The lowest BCUT2D eigenvalue weighted by atomic mass is 10.2. The first-order valence-electron chi connectivity index (χ1n) is 9.97. The topological polar surface area (TPSA) is 76.4 Å². The number of carbonyl (C=O) groups excluding carboxylic acids is 1. The summed E-state index contributed by atoms with van der Waals surface area (Å²) in [6.45, 7) is 3.93. The summed E-state index contributed by atoms with van der Waals surface area (Å²) in [5.74, 6) is 1.35. The molecule has 3 aromatic heterocycles. The Labute approximate surface area is 180 Å². The van der Waals surface area contributed by atoms with Gasteiger partial charge in [-0.2, -0.15) is 4.98 Å². The fraction of sp³-hybridized carbons (Fsp3) is 0.217. The maximum absolute atomic E-state index is 11.6. The molecule has 0 unspecified atom stereocenters. The van der Waals surface area contributed by atoms with Gasteiger partial charge in [0, 0.05) is 38.2 Å². The zero-order valence-electron chi connectivity index (χ0n) is 17.9. The van der Waals surface area contributed by atoms with Crippen molar-refractivity contribution < 1.29 is 9.53 Å². The molecule has 158 valence electrons. The van der Waals surface area contributed by atoms with Crippen LogP contribution in [0.15, 0.2) is 60.9 Å². The fourth-order valence-electron chi connectivity index (χ4n) is 3.36. The zero-order chi connectivity index (χ0) is 22.0. The molecule has 0 aliphatic rings. The van der Waals surface area contributed by atoms with Crippen LogP contribution in [-0.2, 0) is 11.8 Å². The van der Waals surface area contributed by atoms with Crippen LogP contribution in [-0.4, -0.2) is 39.0 Å². The Morgan fingerprint density at radius 1 is 1.03 bits per heavy atom. The van der Waals surface area contributed by atoms with Gasteiger partial charge in [0.2, 0.25) is 6.41 Å². The molecule has 0 aliphatic carbocycles. The number of aryl methyl sites for hydroxylation is 1. The lowest BCUT2D eigenvalue weighted by Gasteiger charge is -2.28. The van der Waals surface area contributed by atoms with Gasteiger partial charge in [-0.3, -0.25) is 9.36 Å². The Balaban J connectivity index is 1.58. The molecule has 0 saturated heterocycles. The average Bonchev–Trinajstić information content (AvgIpc) is 3.10. The third-order valence-electron chi connectivity index (χ3n) is 5.05. The van der Waals surface area contributed by atoms with E-state index in [0.717, 1.165) is 28.9 Å². The largest absolute Gasteiger partial charge is 0.425 e. The van der Waals surface area contributed by atoms with Crippen molar-refractivity contribution in [3.05, 3.63) is 60.9 Å². The van der Waals surface area contributed by atoms with Crippen molar-refractivity contribution in [2.75, 3.05) is 16.8 Å². The quantitative estimate of drug-likeness (QED) is 0.418. The van der Waals surface area contributed by atoms with Gasteiger partial charge < -0.3 is 14.5 Å². The molecule has 31 heavy (non-hydrogen) atoms. The zero-order valence-corrected chi connectivity index (χ0v) is 17.9. The number of hydrogen-bond donors (Lipinski definition) is 0. The second-order valence-electron chi connectivity index (χ2n) is 7.41. The van der Waals surface area contributed by atoms with E-state index in [9.17, 15) is 4.79 Å². The van der Waals surface area contributed by atoms with Crippen LogP contribution in [0, 0.1) is 0 Å². The van der Waals surface area contributed by atoms with Crippen molar-refractivity contribution in [3.8, 4) is 11.8 Å². The predicted molar refractivity (Wildman–Crippen MR) is 121 cm³/mol. The number of ether oxygens (including phenoxy) is 1. The van der Waals surface area contributed by atoms with E-state index < -0.39 is 0 Å². The van der Waals surface area contributed by atoms with Crippen LogP contribution < -0.4 is 14.5 Å². The average molecular weight is 416 g/mol. The molecule has 8 nitrogen and oxygen atoms in total. The molecule has 1 amide bonds. The summed E-state index contributed by atoms with van der Waals surface area (Å²) >= 11 is 0. The van der Waals surface area contributed by atoms with E-state index in [1.54, 1.807) is 17.3 Å². The van der Waals surface area contributed by atoms with Gasteiger partial charge in [0.15, 0.2) is 11.5 Å². The molecule has 0 saturated carbocycles. The third-order valence-corrected chi connectivity index (χ3v) is 5.05. The Hall–Kier alpha value is -3.94. The van der Waals surface area contributed by atoms with Gasteiger partial charge in [-0.1, -0.05) is 0 Å². The minimum atomic E-state index is 0.0208. The van der Waals surface area contributed by atoms with E-state index in [-0.39, 0.29) is 6.04 Å². The number of fused-ring (bicyclic) bond motifs is 1. The van der Waals surface area contributed by atoms with Gasteiger partial charge in [-0.15, -0.1) is 0 Å². The second kappa shape index (κ2) is 8.43. The van der Waals surface area contributed by atoms with Crippen LogP contribution in [0.1, 0.15) is 13.8 Å². The van der Waals surface area contributed by atoms with Crippen LogP contribution in [0.4, 0.5) is 17.2 Å². The normalized spacial score (nSPS) is 11.0. The summed E-state index contributed by atoms with van der Waals surface area (Å²) in [5.41, 5.74) is 3.21. The van der Waals surface area contributed by atoms with Gasteiger partial charge in [0.25, 0.3) is 0 Å². The number of pyridine rings is 2. The van der Waals surface area contributed by atoms with Crippen molar-refractivity contribution in [1.82, 2.24) is 19.5 Å². The number of hydrogen-bond acceptors (Lipinski definition) is 6. The number of benzene rings is 1. The summed E-state index contributed by atoms with van der Waals surface area (Å²) in [4.78, 5) is 28.6. The lowest BCUT2D eigenvalue weighted by molar-refractivity contribution is -0.107. The maximum Gasteiger partial charge on any atom is 0.303 e. The van der Waals surface area contributed by atoms with Gasteiger partial charge in [-0.05, 0) is 62.4 Å².